The number of nitrogens with zero attached hydrogens (tertiary/aromatic N) is 2. The second-order valence-corrected chi connectivity index (χ2v) is 5.49. The molecule has 0 saturated carbocycles. The van der Waals surface area contributed by atoms with E-state index >= 15 is 0 Å². The average Bonchev–Trinajstić information content (AvgIpc) is 2.85. The van der Waals surface area contributed by atoms with Crippen molar-refractivity contribution in [3.05, 3.63) is 65.0 Å². The number of carbonyl (C=O) groups is 1. The van der Waals surface area contributed by atoms with E-state index in [-0.39, 0.29) is 12.0 Å². The first kappa shape index (κ1) is 12.5. The number of pyridine rings is 1. The Morgan fingerprint density at radius 3 is 3.05 bits per heavy atom. The van der Waals surface area contributed by atoms with Gasteiger partial charge in [-0.25, -0.2) is 0 Å². The minimum absolute atomic E-state index is 0.0341. The zero-order valence-corrected chi connectivity index (χ0v) is 11.7. The molecule has 21 heavy (non-hydrogen) atoms. The van der Waals surface area contributed by atoms with Crippen LogP contribution in [0.1, 0.15) is 33.3 Å². The molecule has 2 aromatic rings. The van der Waals surface area contributed by atoms with E-state index in [1.807, 2.05) is 23.1 Å². The number of amides is 1. The molecule has 0 N–H and O–H groups in total. The van der Waals surface area contributed by atoms with E-state index in [2.05, 4.69) is 23.2 Å². The highest BCUT2D eigenvalue weighted by Gasteiger charge is 2.31. The van der Waals surface area contributed by atoms with Crippen LogP contribution < -0.4 is 0 Å². The van der Waals surface area contributed by atoms with Crippen molar-refractivity contribution in [3.8, 4) is 0 Å². The van der Waals surface area contributed by atoms with Gasteiger partial charge in [-0.2, -0.15) is 0 Å². The lowest BCUT2D eigenvalue weighted by Gasteiger charge is -2.29. The Hall–Kier alpha value is -2.20. The van der Waals surface area contributed by atoms with Gasteiger partial charge in [0, 0.05) is 6.20 Å². The Balaban J connectivity index is 1.58. The Kier molecular flexibility index (Phi) is 2.97. The molecular formula is C17H16N2O2. The summed E-state index contributed by atoms with van der Waals surface area (Å²) in [6.07, 6.45) is 2.65. The minimum atomic E-state index is -0.0341. The molecule has 1 atom stereocenters. The summed E-state index contributed by atoms with van der Waals surface area (Å²) in [6, 6.07) is 12.0. The molecule has 0 spiro atoms. The number of aromatic nitrogens is 1. The number of carbonyl (C=O) groups excluding carboxylic acids is 1. The maximum absolute atomic E-state index is 12.4. The highest BCUT2D eigenvalue weighted by molar-refractivity contribution is 5.97. The third kappa shape index (κ3) is 2.12. The van der Waals surface area contributed by atoms with Crippen molar-refractivity contribution in [1.29, 1.82) is 0 Å². The third-order valence-corrected chi connectivity index (χ3v) is 4.23. The molecule has 0 unspecified atom stereocenters. The number of ether oxygens (including phenoxy) is 1. The van der Waals surface area contributed by atoms with Crippen molar-refractivity contribution >= 4 is 5.91 Å². The van der Waals surface area contributed by atoms with Crippen LogP contribution in [0.25, 0.3) is 0 Å². The molecule has 3 heterocycles. The molecule has 1 aromatic heterocycles. The Bertz CT molecular complexity index is 699. The van der Waals surface area contributed by atoms with Crippen molar-refractivity contribution < 1.29 is 9.53 Å². The van der Waals surface area contributed by atoms with Crippen LogP contribution in [0.4, 0.5) is 0 Å². The highest BCUT2D eigenvalue weighted by atomic mass is 16.5. The summed E-state index contributed by atoms with van der Waals surface area (Å²) >= 11 is 0. The van der Waals surface area contributed by atoms with Gasteiger partial charge in [0.25, 0.3) is 5.91 Å². The van der Waals surface area contributed by atoms with Gasteiger partial charge in [-0.1, -0.05) is 24.3 Å². The van der Waals surface area contributed by atoms with Gasteiger partial charge < -0.3 is 9.64 Å². The normalized spacial score (nSPS) is 20.3. The molecule has 0 saturated heterocycles. The highest BCUT2D eigenvalue weighted by Crippen LogP contribution is 2.30. The molecule has 2 aliphatic rings. The summed E-state index contributed by atoms with van der Waals surface area (Å²) in [5.41, 5.74) is 4.13. The fourth-order valence-electron chi connectivity index (χ4n) is 3.16. The minimum Gasteiger partial charge on any atom is -0.371 e. The topological polar surface area (TPSA) is 42.4 Å². The molecular weight excluding hydrogens is 264 g/mol. The maximum Gasteiger partial charge on any atom is 0.256 e. The summed E-state index contributed by atoms with van der Waals surface area (Å²) < 4.78 is 5.90. The van der Waals surface area contributed by atoms with Crippen molar-refractivity contribution in [2.75, 3.05) is 13.2 Å². The molecule has 4 rings (SSSR count). The van der Waals surface area contributed by atoms with Crippen molar-refractivity contribution in [1.82, 2.24) is 9.88 Å². The van der Waals surface area contributed by atoms with Crippen molar-refractivity contribution in [2.45, 2.75) is 19.1 Å². The predicted octanol–water partition coefficient (Wildman–Crippen LogP) is 2.35. The Morgan fingerprint density at radius 2 is 2.14 bits per heavy atom. The number of benzene rings is 1. The first-order valence-corrected chi connectivity index (χ1v) is 7.25. The fourth-order valence-corrected chi connectivity index (χ4v) is 3.16. The predicted molar refractivity (Wildman–Crippen MR) is 77.8 cm³/mol. The standard InChI is InChI=1S/C17H16N2O2/c20-17-14-6-3-8-18-15(14)10-19(17)11-16-13-5-2-1-4-12(13)7-9-21-16/h1-6,8,16H,7,9-11H2/t16-/m0/s1. The number of hydrogen-bond donors (Lipinski definition) is 0. The quantitative estimate of drug-likeness (QED) is 0.848. The van der Waals surface area contributed by atoms with Gasteiger partial charge in [-0.05, 0) is 29.7 Å². The van der Waals surface area contributed by atoms with Crippen LogP contribution in [-0.2, 0) is 17.7 Å². The molecule has 4 heteroatoms. The van der Waals surface area contributed by atoms with Crippen LogP contribution in [-0.4, -0.2) is 28.9 Å². The van der Waals surface area contributed by atoms with Gasteiger partial charge in [-0.15, -0.1) is 0 Å². The molecule has 0 aliphatic carbocycles. The lowest BCUT2D eigenvalue weighted by molar-refractivity contribution is 0.0159. The van der Waals surface area contributed by atoms with E-state index in [9.17, 15) is 4.79 Å². The molecule has 106 valence electrons. The second-order valence-electron chi connectivity index (χ2n) is 5.49. The molecule has 1 amide bonds. The van der Waals surface area contributed by atoms with E-state index < -0.39 is 0 Å². The van der Waals surface area contributed by atoms with E-state index in [1.165, 1.54) is 11.1 Å². The number of rotatable bonds is 2. The maximum atomic E-state index is 12.4. The summed E-state index contributed by atoms with van der Waals surface area (Å²) in [5.74, 6) is 0.0600. The fraction of sp³-hybridized carbons (Fsp3) is 0.294. The number of fused-ring (bicyclic) bond motifs is 2. The third-order valence-electron chi connectivity index (χ3n) is 4.23. The van der Waals surface area contributed by atoms with Gasteiger partial charge in [-0.3, -0.25) is 9.78 Å². The van der Waals surface area contributed by atoms with Crippen LogP contribution >= 0.6 is 0 Å². The zero-order chi connectivity index (χ0) is 14.2. The molecule has 2 aliphatic heterocycles. The van der Waals surface area contributed by atoms with Crippen LogP contribution in [0.5, 0.6) is 0 Å². The number of hydrogen-bond acceptors (Lipinski definition) is 3. The first-order chi connectivity index (χ1) is 10.3. The van der Waals surface area contributed by atoms with E-state index in [1.54, 1.807) is 6.20 Å². The van der Waals surface area contributed by atoms with E-state index in [4.69, 9.17) is 4.74 Å². The average molecular weight is 280 g/mol. The summed E-state index contributed by atoms with van der Waals surface area (Å²) in [6.45, 7) is 1.89. The summed E-state index contributed by atoms with van der Waals surface area (Å²) in [7, 11) is 0. The van der Waals surface area contributed by atoms with Gasteiger partial charge in [0.2, 0.25) is 0 Å². The molecule has 0 radical (unpaired) electrons. The summed E-state index contributed by atoms with van der Waals surface area (Å²) in [5, 5.41) is 0. The largest absolute Gasteiger partial charge is 0.371 e. The van der Waals surface area contributed by atoms with Gasteiger partial charge >= 0.3 is 0 Å². The molecule has 0 bridgehead atoms. The summed E-state index contributed by atoms with van der Waals surface area (Å²) in [4.78, 5) is 18.5. The zero-order valence-electron chi connectivity index (χ0n) is 11.7. The first-order valence-electron chi connectivity index (χ1n) is 7.25. The Labute approximate surface area is 123 Å². The van der Waals surface area contributed by atoms with Crippen LogP contribution in [0, 0.1) is 0 Å². The second kappa shape index (κ2) is 4.97. The Morgan fingerprint density at radius 1 is 1.24 bits per heavy atom. The van der Waals surface area contributed by atoms with Crippen LogP contribution in [0.3, 0.4) is 0 Å². The smallest absolute Gasteiger partial charge is 0.256 e. The van der Waals surface area contributed by atoms with Crippen LogP contribution in [0.2, 0.25) is 0 Å². The lowest BCUT2D eigenvalue weighted by Crippen LogP contribution is -2.32. The molecule has 0 fully saturated rings. The van der Waals surface area contributed by atoms with Gasteiger partial charge in [0.1, 0.15) is 6.10 Å². The van der Waals surface area contributed by atoms with Crippen molar-refractivity contribution in [2.24, 2.45) is 0 Å². The van der Waals surface area contributed by atoms with Crippen molar-refractivity contribution in [3.63, 3.8) is 0 Å². The monoisotopic (exact) mass is 280 g/mol. The van der Waals surface area contributed by atoms with Crippen LogP contribution in [0.15, 0.2) is 42.6 Å². The lowest BCUT2D eigenvalue weighted by atomic mass is 9.97. The van der Waals surface area contributed by atoms with E-state index in [0.29, 0.717) is 13.1 Å². The molecule has 1 aromatic carbocycles. The van der Waals surface area contributed by atoms with Gasteiger partial charge in [0.05, 0.1) is 31.0 Å². The van der Waals surface area contributed by atoms with Gasteiger partial charge in [0.15, 0.2) is 0 Å². The molecule has 4 nitrogen and oxygen atoms in total. The SMILES string of the molecule is O=C1c2cccnc2CN1C[C@@H]1OCCc2ccccc21. The van der Waals surface area contributed by atoms with E-state index in [0.717, 1.165) is 24.3 Å².